The molecule has 0 bridgehead atoms. The minimum absolute atomic E-state index is 0.108. The van der Waals surface area contributed by atoms with E-state index >= 15 is 0 Å². The van der Waals surface area contributed by atoms with Crippen molar-refractivity contribution in [1.29, 1.82) is 0 Å². The second-order valence-corrected chi connectivity index (χ2v) is 22.0. The van der Waals surface area contributed by atoms with Crippen molar-refractivity contribution < 1.29 is 28.6 Å². The molecule has 0 aliphatic heterocycles. The van der Waals surface area contributed by atoms with Crippen LogP contribution in [0.3, 0.4) is 0 Å². The van der Waals surface area contributed by atoms with Gasteiger partial charge in [0.05, 0.1) is 0 Å². The normalized spacial score (nSPS) is 13.1. The SMILES string of the molecule is CC/C=C\C/C=C\C/C=C\C/C=C\C/C=C\C/C=C\C/C=C\C/C=C\CCCCC(=O)OCC(COC(=O)CCCCCC/C=C\C/C=C\C/C=C\C/C=C\CC)OC(=O)CCCCCCCCCCCCCCCCCCCCCC. The van der Waals surface area contributed by atoms with E-state index in [1.165, 1.54) is 109 Å². The lowest BCUT2D eigenvalue weighted by Gasteiger charge is -2.18. The smallest absolute Gasteiger partial charge is 0.306 e. The van der Waals surface area contributed by atoms with Gasteiger partial charge in [-0.25, -0.2) is 0 Å². The molecule has 1 unspecified atom stereocenters. The van der Waals surface area contributed by atoms with Crippen LogP contribution in [0.25, 0.3) is 0 Å². The van der Waals surface area contributed by atoms with Gasteiger partial charge in [-0.2, -0.15) is 0 Å². The third-order valence-electron chi connectivity index (χ3n) is 14.1. The lowest BCUT2D eigenvalue weighted by atomic mass is 10.0. The van der Waals surface area contributed by atoms with Crippen LogP contribution in [0.2, 0.25) is 0 Å². The molecule has 464 valence electrons. The van der Waals surface area contributed by atoms with E-state index in [0.717, 1.165) is 141 Å². The quantitative estimate of drug-likeness (QED) is 0.0261. The average molecular weight is 1130 g/mol. The van der Waals surface area contributed by atoms with Crippen molar-refractivity contribution >= 4 is 17.9 Å². The molecule has 0 saturated heterocycles. The Morgan fingerprint density at radius 2 is 0.476 bits per heavy atom. The summed E-state index contributed by atoms with van der Waals surface area (Å²) in [5.74, 6) is -0.968. The van der Waals surface area contributed by atoms with Crippen molar-refractivity contribution in [3.05, 3.63) is 146 Å². The molecule has 6 heteroatoms. The minimum atomic E-state index is -0.813. The Bertz CT molecular complexity index is 1780. The Labute approximate surface area is 506 Å². The molecule has 1 atom stereocenters. The van der Waals surface area contributed by atoms with Gasteiger partial charge in [-0.3, -0.25) is 14.4 Å². The maximum absolute atomic E-state index is 12.9. The molecule has 0 spiro atoms. The van der Waals surface area contributed by atoms with Crippen LogP contribution >= 0.6 is 0 Å². The predicted octanol–water partition coefficient (Wildman–Crippen LogP) is 23.5. The highest BCUT2D eigenvalue weighted by Gasteiger charge is 2.19. The lowest BCUT2D eigenvalue weighted by molar-refractivity contribution is -0.167. The summed E-state index contributed by atoms with van der Waals surface area (Å²) in [5.41, 5.74) is 0. The number of carbonyl (C=O) groups excluding carboxylic acids is 3. The highest BCUT2D eigenvalue weighted by Crippen LogP contribution is 2.16. The molecule has 0 aromatic carbocycles. The van der Waals surface area contributed by atoms with Crippen molar-refractivity contribution in [2.75, 3.05) is 13.2 Å². The third-order valence-corrected chi connectivity index (χ3v) is 14.1. The van der Waals surface area contributed by atoms with Gasteiger partial charge in [0.15, 0.2) is 6.10 Å². The van der Waals surface area contributed by atoms with Crippen LogP contribution in [0.1, 0.15) is 297 Å². The number of unbranched alkanes of at least 4 members (excludes halogenated alkanes) is 25. The molecule has 0 aliphatic carbocycles. The van der Waals surface area contributed by atoms with Gasteiger partial charge in [0.1, 0.15) is 13.2 Å². The van der Waals surface area contributed by atoms with Crippen LogP contribution in [0.5, 0.6) is 0 Å². The molecule has 0 fully saturated rings. The fourth-order valence-corrected chi connectivity index (χ4v) is 9.10. The second kappa shape index (κ2) is 68.8. The first-order valence-electron chi connectivity index (χ1n) is 33.8. The molecule has 82 heavy (non-hydrogen) atoms. The zero-order valence-electron chi connectivity index (χ0n) is 53.2. The highest BCUT2D eigenvalue weighted by atomic mass is 16.6. The summed E-state index contributed by atoms with van der Waals surface area (Å²) >= 11 is 0. The van der Waals surface area contributed by atoms with Crippen LogP contribution in [-0.4, -0.2) is 37.2 Å². The van der Waals surface area contributed by atoms with Crippen molar-refractivity contribution in [3.63, 3.8) is 0 Å². The molecule has 0 heterocycles. The molecule has 0 rings (SSSR count). The zero-order valence-corrected chi connectivity index (χ0v) is 53.2. The standard InChI is InChI=1S/C76H124O6/c1-4-7-10-13-16-19-22-25-28-31-33-35-36-37-38-39-40-41-43-45-48-51-54-57-60-63-66-69-75(78)81-72-73(71-80-74(77)68-65-62-59-56-53-50-47-44-30-27-24-21-18-15-12-9-6-3)82-76(79)70-67-64-61-58-55-52-49-46-42-34-32-29-26-23-20-17-14-11-8-5-2/h7,9-10,12,16,18-19,21,25,27-28,30,33,35,37-38,40-41,45,47-48,50,54,57,73H,4-6,8,11,13-15,17,20,22-24,26,29,31-32,34,36,39,42-44,46,49,51-53,55-56,58-72H2,1-3H3/b10-7-,12-9-,19-16-,21-18-,28-25-,30-27-,35-33-,38-37-,41-40-,48-45-,50-47-,57-54-. The summed E-state index contributed by atoms with van der Waals surface area (Å²) in [6.07, 6.45) is 98.6. The third kappa shape index (κ3) is 66.1. The van der Waals surface area contributed by atoms with Crippen molar-refractivity contribution in [2.45, 2.75) is 303 Å². The first kappa shape index (κ1) is 77.3. The topological polar surface area (TPSA) is 78.9 Å². The fourth-order valence-electron chi connectivity index (χ4n) is 9.10. The maximum atomic E-state index is 12.9. The number of ether oxygens (including phenoxy) is 3. The van der Waals surface area contributed by atoms with E-state index in [-0.39, 0.29) is 31.1 Å². The van der Waals surface area contributed by atoms with Gasteiger partial charge < -0.3 is 14.2 Å². The van der Waals surface area contributed by atoms with Crippen LogP contribution < -0.4 is 0 Å². The molecule has 0 aromatic rings. The molecule has 0 aromatic heterocycles. The van der Waals surface area contributed by atoms with Crippen LogP contribution in [0, 0.1) is 0 Å². The van der Waals surface area contributed by atoms with E-state index in [9.17, 15) is 14.4 Å². The fraction of sp³-hybridized carbons (Fsp3) is 0.645. The molecule has 0 radical (unpaired) electrons. The first-order valence-corrected chi connectivity index (χ1v) is 33.8. The van der Waals surface area contributed by atoms with E-state index in [4.69, 9.17) is 14.2 Å². The molecular weight excluding hydrogens is 1010 g/mol. The van der Waals surface area contributed by atoms with Crippen molar-refractivity contribution in [1.82, 2.24) is 0 Å². The van der Waals surface area contributed by atoms with E-state index in [1.807, 2.05) is 0 Å². The van der Waals surface area contributed by atoms with Gasteiger partial charge in [-0.05, 0) is 122 Å². The summed E-state index contributed by atoms with van der Waals surface area (Å²) in [4.78, 5) is 38.4. The minimum Gasteiger partial charge on any atom is -0.462 e. The van der Waals surface area contributed by atoms with Gasteiger partial charge in [-0.1, -0.05) is 301 Å². The number of hydrogen-bond acceptors (Lipinski definition) is 6. The lowest BCUT2D eigenvalue weighted by Crippen LogP contribution is -2.30. The summed E-state index contributed by atoms with van der Waals surface area (Å²) in [6, 6.07) is 0. The molecule has 0 aliphatic rings. The van der Waals surface area contributed by atoms with Crippen molar-refractivity contribution in [2.24, 2.45) is 0 Å². The van der Waals surface area contributed by atoms with Crippen LogP contribution in [0.15, 0.2) is 146 Å². The Morgan fingerprint density at radius 3 is 0.768 bits per heavy atom. The van der Waals surface area contributed by atoms with Gasteiger partial charge in [-0.15, -0.1) is 0 Å². The highest BCUT2D eigenvalue weighted by molar-refractivity contribution is 5.71. The largest absolute Gasteiger partial charge is 0.462 e. The Balaban J connectivity index is 4.49. The zero-order chi connectivity index (χ0) is 59.2. The molecule has 0 amide bonds. The van der Waals surface area contributed by atoms with Gasteiger partial charge in [0.25, 0.3) is 0 Å². The molecule has 0 saturated carbocycles. The van der Waals surface area contributed by atoms with Gasteiger partial charge >= 0.3 is 17.9 Å². The van der Waals surface area contributed by atoms with Gasteiger partial charge in [0.2, 0.25) is 0 Å². The van der Waals surface area contributed by atoms with Crippen LogP contribution in [-0.2, 0) is 28.6 Å². The number of carbonyl (C=O) groups is 3. The number of rotatable bonds is 60. The predicted molar refractivity (Wildman–Crippen MR) is 357 cm³/mol. The number of hydrogen-bond donors (Lipinski definition) is 0. The molecular formula is C76H124O6. The number of esters is 3. The molecule has 0 N–H and O–H groups in total. The maximum Gasteiger partial charge on any atom is 0.306 e. The Morgan fingerprint density at radius 1 is 0.256 bits per heavy atom. The summed E-state index contributed by atoms with van der Waals surface area (Å²) < 4.78 is 16.9. The van der Waals surface area contributed by atoms with Crippen LogP contribution in [0.4, 0.5) is 0 Å². The van der Waals surface area contributed by atoms with E-state index in [2.05, 4.69) is 167 Å². The Hall–Kier alpha value is -4.71. The van der Waals surface area contributed by atoms with E-state index < -0.39 is 6.10 Å². The summed E-state index contributed by atoms with van der Waals surface area (Å²) in [6.45, 7) is 6.38. The number of allylic oxidation sites excluding steroid dienone is 24. The summed E-state index contributed by atoms with van der Waals surface area (Å²) in [7, 11) is 0. The molecule has 6 nitrogen and oxygen atoms in total. The average Bonchev–Trinajstić information content (AvgIpc) is 3.47. The Kier molecular flexibility index (Phi) is 64.8. The monoisotopic (exact) mass is 1130 g/mol. The second-order valence-electron chi connectivity index (χ2n) is 22.0. The first-order chi connectivity index (χ1) is 40.5. The van der Waals surface area contributed by atoms with Crippen molar-refractivity contribution in [3.8, 4) is 0 Å². The van der Waals surface area contributed by atoms with Gasteiger partial charge in [0, 0.05) is 19.3 Å². The summed E-state index contributed by atoms with van der Waals surface area (Å²) in [5, 5.41) is 0. The van der Waals surface area contributed by atoms with E-state index in [0.29, 0.717) is 25.7 Å². The van der Waals surface area contributed by atoms with E-state index in [1.54, 1.807) is 0 Å².